The molecule has 0 radical (unpaired) electrons. The molecule has 1 aromatic heterocycles. The molecule has 2 bridgehead atoms. The molecule has 4 heterocycles. The molecule has 0 spiro atoms. The van der Waals surface area contributed by atoms with Crippen molar-refractivity contribution in [3.8, 4) is 0 Å². The number of sulfonamides is 1. The molecule has 9 heteroatoms. The number of nitrogens with zero attached hydrogens (tertiary/aromatic N) is 3. The molecule has 0 unspecified atom stereocenters. The van der Waals surface area contributed by atoms with Gasteiger partial charge in [0.25, 0.3) is 5.56 Å². The standard InChI is InChI=1S/C23H24BrN3O4S/c24-18-9-16-6-7-26(23(29)15-4-5-15)20(16)10-21(18)32(30,31)25-11-14-8-17(13-25)19-2-1-3-22(28)27(19)12-14/h1-3,9-10,14-15,17H,4-8,11-13H2/t14-,17+/m1/s1. The van der Waals surface area contributed by atoms with Crippen LogP contribution in [0.4, 0.5) is 5.69 Å². The molecule has 7 nitrogen and oxygen atoms in total. The van der Waals surface area contributed by atoms with E-state index in [1.807, 2.05) is 12.1 Å². The minimum atomic E-state index is -3.76. The molecule has 2 aromatic rings. The van der Waals surface area contributed by atoms with Crippen LogP contribution >= 0.6 is 15.9 Å². The van der Waals surface area contributed by atoms with Crippen LogP contribution in [0.2, 0.25) is 0 Å². The molecule has 1 aliphatic carbocycles. The average molecular weight is 518 g/mol. The first-order valence-corrected chi connectivity index (χ1v) is 13.4. The van der Waals surface area contributed by atoms with Crippen LogP contribution in [0.3, 0.4) is 0 Å². The van der Waals surface area contributed by atoms with Crippen molar-refractivity contribution in [3.05, 3.63) is 56.4 Å². The van der Waals surface area contributed by atoms with Gasteiger partial charge in [-0.15, -0.1) is 0 Å². The predicted molar refractivity (Wildman–Crippen MR) is 123 cm³/mol. The molecule has 1 saturated heterocycles. The summed E-state index contributed by atoms with van der Waals surface area (Å²) in [5.41, 5.74) is 2.64. The topological polar surface area (TPSA) is 79.7 Å². The Bertz CT molecular complexity index is 1300. The summed E-state index contributed by atoms with van der Waals surface area (Å²) in [5.74, 6) is 0.322. The first kappa shape index (κ1) is 20.6. The van der Waals surface area contributed by atoms with Crippen molar-refractivity contribution in [1.82, 2.24) is 8.87 Å². The smallest absolute Gasteiger partial charge is 0.250 e. The van der Waals surface area contributed by atoms with Crippen molar-refractivity contribution in [1.29, 1.82) is 0 Å². The normalized spacial score (nSPS) is 24.8. The van der Waals surface area contributed by atoms with Crippen LogP contribution < -0.4 is 10.5 Å². The van der Waals surface area contributed by atoms with Crippen molar-refractivity contribution in [2.75, 3.05) is 24.5 Å². The van der Waals surface area contributed by atoms with Gasteiger partial charge in [-0.2, -0.15) is 4.31 Å². The van der Waals surface area contributed by atoms with Gasteiger partial charge in [-0.1, -0.05) is 6.07 Å². The summed E-state index contributed by atoms with van der Waals surface area (Å²) in [5, 5.41) is 0. The molecule has 32 heavy (non-hydrogen) atoms. The first-order valence-electron chi connectivity index (χ1n) is 11.2. The molecule has 2 atom stereocenters. The number of fused-ring (bicyclic) bond motifs is 5. The lowest BCUT2D eigenvalue weighted by Crippen LogP contribution is -2.49. The predicted octanol–water partition coefficient (Wildman–Crippen LogP) is 2.72. The summed E-state index contributed by atoms with van der Waals surface area (Å²) in [6.45, 7) is 1.91. The Labute approximate surface area is 195 Å². The molecule has 0 N–H and O–H groups in total. The second-order valence-electron chi connectivity index (χ2n) is 9.45. The van der Waals surface area contributed by atoms with Gasteiger partial charge < -0.3 is 9.47 Å². The molecular formula is C23H24BrN3O4S. The SMILES string of the molecule is O=C(C1CC1)N1CCc2cc(Br)c(S(=O)(=O)N3C[C@H]4C[C@@H](C3)c3cccc(=O)n3C4)cc21. The molecule has 168 valence electrons. The van der Waals surface area contributed by atoms with Crippen molar-refractivity contribution in [2.45, 2.75) is 43.0 Å². The zero-order valence-corrected chi connectivity index (χ0v) is 19.9. The third kappa shape index (κ3) is 3.20. The number of benzene rings is 1. The molecular weight excluding hydrogens is 494 g/mol. The zero-order chi connectivity index (χ0) is 22.2. The number of pyridine rings is 1. The number of anilines is 1. The fraction of sp³-hybridized carbons (Fsp3) is 0.478. The highest BCUT2D eigenvalue weighted by Crippen LogP contribution is 2.42. The maximum atomic E-state index is 13.8. The molecule has 2 fully saturated rings. The lowest BCUT2D eigenvalue weighted by Gasteiger charge is -2.42. The van der Waals surface area contributed by atoms with Gasteiger partial charge in [0, 0.05) is 59.9 Å². The van der Waals surface area contributed by atoms with E-state index < -0.39 is 10.0 Å². The van der Waals surface area contributed by atoms with Gasteiger partial charge in [0.1, 0.15) is 0 Å². The Morgan fingerprint density at radius 3 is 2.69 bits per heavy atom. The van der Waals surface area contributed by atoms with Gasteiger partial charge >= 0.3 is 0 Å². The fourth-order valence-electron chi connectivity index (χ4n) is 5.55. The third-order valence-electron chi connectivity index (χ3n) is 7.29. The number of piperidine rings is 1. The highest BCUT2D eigenvalue weighted by Gasteiger charge is 2.41. The van der Waals surface area contributed by atoms with Crippen molar-refractivity contribution in [2.24, 2.45) is 11.8 Å². The molecule has 3 aliphatic heterocycles. The number of hydrogen-bond donors (Lipinski definition) is 0. The van der Waals surface area contributed by atoms with Gasteiger partial charge in [-0.05, 0) is 71.3 Å². The molecule has 6 rings (SSSR count). The monoisotopic (exact) mass is 517 g/mol. The van der Waals surface area contributed by atoms with Gasteiger partial charge in [0.05, 0.1) is 4.90 Å². The lowest BCUT2D eigenvalue weighted by molar-refractivity contribution is -0.119. The summed E-state index contributed by atoms with van der Waals surface area (Å²) < 4.78 is 31.4. The maximum Gasteiger partial charge on any atom is 0.250 e. The largest absolute Gasteiger partial charge is 0.312 e. The number of carbonyl (C=O) groups is 1. The van der Waals surface area contributed by atoms with E-state index in [0.717, 1.165) is 42.6 Å². The third-order valence-corrected chi connectivity index (χ3v) is 10.1. The van der Waals surface area contributed by atoms with E-state index in [1.54, 1.807) is 32.0 Å². The maximum absolute atomic E-state index is 13.8. The highest BCUT2D eigenvalue weighted by atomic mass is 79.9. The number of halogens is 1. The quantitative estimate of drug-likeness (QED) is 0.626. The van der Waals surface area contributed by atoms with Gasteiger partial charge in [-0.25, -0.2) is 8.42 Å². The van der Waals surface area contributed by atoms with Crippen LogP contribution in [0.5, 0.6) is 0 Å². The van der Waals surface area contributed by atoms with Crippen molar-refractivity contribution >= 4 is 37.5 Å². The number of aromatic nitrogens is 1. The van der Waals surface area contributed by atoms with Crippen LogP contribution in [0.15, 0.2) is 44.5 Å². The summed E-state index contributed by atoms with van der Waals surface area (Å²) in [7, 11) is -3.76. The van der Waals surface area contributed by atoms with E-state index in [-0.39, 0.29) is 34.1 Å². The second kappa shape index (κ2) is 7.27. The Morgan fingerprint density at radius 2 is 1.91 bits per heavy atom. The van der Waals surface area contributed by atoms with Crippen molar-refractivity contribution in [3.63, 3.8) is 0 Å². The second-order valence-corrected chi connectivity index (χ2v) is 12.2. The van der Waals surface area contributed by atoms with E-state index in [2.05, 4.69) is 15.9 Å². The number of hydrogen-bond acceptors (Lipinski definition) is 4. The van der Waals surface area contributed by atoms with Crippen LogP contribution in [-0.4, -0.2) is 42.8 Å². The van der Waals surface area contributed by atoms with Gasteiger partial charge in [0.2, 0.25) is 15.9 Å². The van der Waals surface area contributed by atoms with E-state index >= 15 is 0 Å². The van der Waals surface area contributed by atoms with Gasteiger partial charge in [0.15, 0.2) is 0 Å². The molecule has 1 amide bonds. The summed E-state index contributed by atoms with van der Waals surface area (Å²) >= 11 is 3.49. The summed E-state index contributed by atoms with van der Waals surface area (Å²) in [6, 6.07) is 8.80. The van der Waals surface area contributed by atoms with Crippen LogP contribution in [-0.2, 0) is 27.8 Å². The first-order chi connectivity index (χ1) is 15.3. The van der Waals surface area contributed by atoms with Crippen molar-refractivity contribution < 1.29 is 13.2 Å². The molecule has 4 aliphatic rings. The zero-order valence-electron chi connectivity index (χ0n) is 17.5. The summed E-state index contributed by atoms with van der Waals surface area (Å²) in [4.78, 5) is 27.0. The van der Waals surface area contributed by atoms with Crippen LogP contribution in [0, 0.1) is 11.8 Å². The fourth-order valence-corrected chi connectivity index (χ4v) is 8.19. The highest BCUT2D eigenvalue weighted by molar-refractivity contribution is 9.10. The number of amides is 1. The minimum Gasteiger partial charge on any atom is -0.312 e. The van der Waals surface area contributed by atoms with Gasteiger partial charge in [-0.3, -0.25) is 9.59 Å². The Balaban J connectivity index is 1.35. The van der Waals surface area contributed by atoms with E-state index in [9.17, 15) is 18.0 Å². The lowest BCUT2D eigenvalue weighted by atomic mass is 9.84. The van der Waals surface area contributed by atoms with E-state index in [4.69, 9.17) is 0 Å². The van der Waals surface area contributed by atoms with Crippen LogP contribution in [0.1, 0.15) is 36.4 Å². The Kier molecular flexibility index (Phi) is 4.68. The molecule has 1 aromatic carbocycles. The number of rotatable bonds is 3. The number of carbonyl (C=O) groups excluding carboxylic acids is 1. The summed E-state index contributed by atoms with van der Waals surface area (Å²) in [6.07, 6.45) is 3.48. The van der Waals surface area contributed by atoms with Crippen LogP contribution in [0.25, 0.3) is 0 Å². The Morgan fingerprint density at radius 1 is 1.09 bits per heavy atom. The average Bonchev–Trinajstić information content (AvgIpc) is 3.53. The Hall–Kier alpha value is -1.97. The van der Waals surface area contributed by atoms with E-state index in [0.29, 0.717) is 30.7 Å². The minimum absolute atomic E-state index is 0.00678. The molecule has 1 saturated carbocycles. The van der Waals surface area contributed by atoms with E-state index in [1.165, 1.54) is 0 Å².